The normalized spacial score (nSPS) is 24.1. The van der Waals surface area contributed by atoms with Crippen LogP contribution in [-0.2, 0) is 0 Å². The van der Waals surface area contributed by atoms with Crippen LogP contribution >= 0.6 is 0 Å². The highest BCUT2D eigenvalue weighted by Crippen LogP contribution is 2.15. The first-order valence-corrected chi connectivity index (χ1v) is 6.00. The van der Waals surface area contributed by atoms with Crippen molar-refractivity contribution in [2.45, 2.75) is 25.9 Å². The Hall–Kier alpha value is -1.49. The first-order chi connectivity index (χ1) is 8.50. The summed E-state index contributed by atoms with van der Waals surface area (Å²) in [6.45, 7) is 5.22. The number of nitrogens with one attached hydrogen (secondary N) is 1. The van der Waals surface area contributed by atoms with Crippen LogP contribution in [-0.4, -0.2) is 36.0 Å². The van der Waals surface area contributed by atoms with Gasteiger partial charge < -0.3 is 10.2 Å². The zero-order valence-corrected chi connectivity index (χ0v) is 10.4. The summed E-state index contributed by atoms with van der Waals surface area (Å²) in [5.41, 5.74) is 0.190. The lowest BCUT2D eigenvalue weighted by Crippen LogP contribution is -2.57. The van der Waals surface area contributed by atoms with E-state index in [1.165, 1.54) is 6.07 Å². The third-order valence-corrected chi connectivity index (χ3v) is 3.46. The Morgan fingerprint density at radius 3 is 2.72 bits per heavy atom. The highest BCUT2D eigenvalue weighted by molar-refractivity contribution is 5.94. The fourth-order valence-corrected chi connectivity index (χ4v) is 2.14. The van der Waals surface area contributed by atoms with Crippen molar-refractivity contribution in [3.8, 4) is 0 Å². The SMILES string of the molecule is CC1NCCN(C(=O)c2ccc(F)c(F)c2)C1C. The molecule has 3 nitrogen and oxygen atoms in total. The van der Waals surface area contributed by atoms with Crippen LogP contribution in [0.3, 0.4) is 0 Å². The second kappa shape index (κ2) is 5.02. The number of rotatable bonds is 1. The van der Waals surface area contributed by atoms with Gasteiger partial charge in [-0.25, -0.2) is 8.78 Å². The summed E-state index contributed by atoms with van der Waals surface area (Å²) >= 11 is 0. The van der Waals surface area contributed by atoms with Crippen LogP contribution in [0.1, 0.15) is 24.2 Å². The quantitative estimate of drug-likeness (QED) is 0.828. The van der Waals surface area contributed by atoms with Gasteiger partial charge in [0.1, 0.15) is 0 Å². The molecule has 1 saturated heterocycles. The third kappa shape index (κ3) is 2.36. The Morgan fingerprint density at radius 1 is 1.33 bits per heavy atom. The molecule has 0 saturated carbocycles. The van der Waals surface area contributed by atoms with Gasteiger partial charge in [-0.3, -0.25) is 4.79 Å². The maximum absolute atomic E-state index is 13.1. The number of carbonyl (C=O) groups is 1. The molecule has 1 aromatic carbocycles. The number of halogens is 2. The molecular weight excluding hydrogens is 238 g/mol. The van der Waals surface area contributed by atoms with E-state index in [9.17, 15) is 13.6 Å². The Morgan fingerprint density at radius 2 is 2.06 bits per heavy atom. The number of hydrogen-bond donors (Lipinski definition) is 1. The maximum Gasteiger partial charge on any atom is 0.254 e. The molecule has 98 valence electrons. The van der Waals surface area contributed by atoms with Crippen molar-refractivity contribution in [2.24, 2.45) is 0 Å². The van der Waals surface area contributed by atoms with E-state index in [0.29, 0.717) is 13.1 Å². The van der Waals surface area contributed by atoms with Crippen LogP contribution < -0.4 is 5.32 Å². The van der Waals surface area contributed by atoms with E-state index in [2.05, 4.69) is 5.32 Å². The molecule has 1 amide bonds. The van der Waals surface area contributed by atoms with E-state index in [4.69, 9.17) is 0 Å². The summed E-state index contributed by atoms with van der Waals surface area (Å²) in [4.78, 5) is 13.9. The lowest BCUT2D eigenvalue weighted by molar-refractivity contribution is 0.0602. The minimum absolute atomic E-state index is 0.0272. The molecule has 2 atom stereocenters. The van der Waals surface area contributed by atoms with Crippen LogP contribution in [0, 0.1) is 11.6 Å². The Balaban J connectivity index is 2.22. The predicted molar refractivity (Wildman–Crippen MR) is 64.3 cm³/mol. The topological polar surface area (TPSA) is 32.3 Å². The van der Waals surface area contributed by atoms with E-state index in [1.54, 1.807) is 4.90 Å². The van der Waals surface area contributed by atoms with Crippen molar-refractivity contribution in [1.82, 2.24) is 10.2 Å². The zero-order valence-electron chi connectivity index (χ0n) is 10.4. The molecule has 0 aromatic heterocycles. The second-order valence-corrected chi connectivity index (χ2v) is 4.61. The average molecular weight is 254 g/mol. The van der Waals surface area contributed by atoms with Gasteiger partial charge in [-0.05, 0) is 32.0 Å². The van der Waals surface area contributed by atoms with Gasteiger partial charge >= 0.3 is 0 Å². The Labute approximate surface area is 105 Å². The largest absolute Gasteiger partial charge is 0.333 e. The number of nitrogens with zero attached hydrogens (tertiary/aromatic N) is 1. The average Bonchev–Trinajstić information content (AvgIpc) is 2.35. The summed E-state index contributed by atoms with van der Waals surface area (Å²) in [7, 11) is 0. The molecule has 2 unspecified atom stereocenters. The van der Waals surface area contributed by atoms with Gasteiger partial charge in [0.2, 0.25) is 0 Å². The molecule has 1 aromatic rings. The number of carbonyl (C=O) groups excluding carboxylic acids is 1. The molecule has 18 heavy (non-hydrogen) atoms. The Kier molecular flexibility index (Phi) is 3.61. The van der Waals surface area contributed by atoms with Crippen molar-refractivity contribution < 1.29 is 13.6 Å². The molecular formula is C13H16F2N2O. The standard InChI is InChI=1S/C13H16F2N2O/c1-8-9(2)17(6-5-16-8)13(18)10-3-4-11(14)12(15)7-10/h3-4,7-9,16H,5-6H2,1-2H3. The van der Waals surface area contributed by atoms with Crippen molar-refractivity contribution in [1.29, 1.82) is 0 Å². The summed E-state index contributed by atoms with van der Waals surface area (Å²) in [5, 5.41) is 3.26. The van der Waals surface area contributed by atoms with E-state index < -0.39 is 11.6 Å². The highest BCUT2D eigenvalue weighted by Gasteiger charge is 2.28. The summed E-state index contributed by atoms with van der Waals surface area (Å²) in [6, 6.07) is 3.48. The van der Waals surface area contributed by atoms with E-state index in [1.807, 2.05) is 13.8 Å². The monoisotopic (exact) mass is 254 g/mol. The Bertz CT molecular complexity index is 464. The molecule has 1 N–H and O–H groups in total. The molecule has 1 aliphatic heterocycles. The molecule has 1 fully saturated rings. The fraction of sp³-hybridized carbons (Fsp3) is 0.462. The number of benzene rings is 1. The molecule has 0 aliphatic carbocycles. The minimum atomic E-state index is -0.989. The summed E-state index contributed by atoms with van der Waals surface area (Å²) < 4.78 is 26.0. The van der Waals surface area contributed by atoms with Gasteiger partial charge in [0.15, 0.2) is 11.6 Å². The van der Waals surface area contributed by atoms with Gasteiger partial charge in [-0.1, -0.05) is 0 Å². The summed E-state index contributed by atoms with van der Waals surface area (Å²) in [6.07, 6.45) is 0. The first-order valence-electron chi connectivity index (χ1n) is 6.00. The fourth-order valence-electron chi connectivity index (χ4n) is 2.14. The zero-order chi connectivity index (χ0) is 13.3. The van der Waals surface area contributed by atoms with Crippen molar-refractivity contribution in [3.63, 3.8) is 0 Å². The lowest BCUT2D eigenvalue weighted by atomic mass is 10.1. The van der Waals surface area contributed by atoms with Gasteiger partial charge in [-0.2, -0.15) is 0 Å². The maximum atomic E-state index is 13.1. The van der Waals surface area contributed by atoms with Gasteiger partial charge in [0.25, 0.3) is 5.91 Å². The molecule has 1 aliphatic rings. The van der Waals surface area contributed by atoms with Crippen molar-refractivity contribution in [3.05, 3.63) is 35.4 Å². The van der Waals surface area contributed by atoms with Crippen molar-refractivity contribution in [2.75, 3.05) is 13.1 Å². The van der Waals surface area contributed by atoms with E-state index >= 15 is 0 Å². The molecule has 0 radical (unpaired) electrons. The van der Waals surface area contributed by atoms with Gasteiger partial charge in [0.05, 0.1) is 0 Å². The number of piperazine rings is 1. The smallest absolute Gasteiger partial charge is 0.254 e. The van der Waals surface area contributed by atoms with Crippen LogP contribution in [0.5, 0.6) is 0 Å². The second-order valence-electron chi connectivity index (χ2n) is 4.61. The van der Waals surface area contributed by atoms with Gasteiger partial charge in [-0.15, -0.1) is 0 Å². The molecule has 1 heterocycles. The highest BCUT2D eigenvalue weighted by atomic mass is 19.2. The minimum Gasteiger partial charge on any atom is -0.333 e. The number of amides is 1. The van der Waals surface area contributed by atoms with Crippen LogP contribution in [0.15, 0.2) is 18.2 Å². The lowest BCUT2D eigenvalue weighted by Gasteiger charge is -2.38. The van der Waals surface area contributed by atoms with Crippen LogP contribution in [0.4, 0.5) is 8.78 Å². The first kappa shape index (κ1) is 13.0. The predicted octanol–water partition coefficient (Wildman–Crippen LogP) is 1.79. The van der Waals surface area contributed by atoms with Crippen LogP contribution in [0.2, 0.25) is 0 Å². The molecule has 0 spiro atoms. The molecule has 0 bridgehead atoms. The van der Waals surface area contributed by atoms with E-state index in [-0.39, 0.29) is 23.6 Å². The summed E-state index contributed by atoms with van der Waals surface area (Å²) in [5.74, 6) is -2.18. The van der Waals surface area contributed by atoms with Crippen LogP contribution in [0.25, 0.3) is 0 Å². The van der Waals surface area contributed by atoms with Gasteiger partial charge in [0, 0.05) is 30.7 Å². The number of hydrogen-bond acceptors (Lipinski definition) is 2. The molecule has 5 heteroatoms. The van der Waals surface area contributed by atoms with Crippen molar-refractivity contribution >= 4 is 5.91 Å². The molecule has 2 rings (SSSR count). The third-order valence-electron chi connectivity index (χ3n) is 3.46. The van der Waals surface area contributed by atoms with E-state index in [0.717, 1.165) is 12.1 Å².